The van der Waals surface area contributed by atoms with E-state index in [0.29, 0.717) is 5.56 Å². The van der Waals surface area contributed by atoms with Crippen molar-refractivity contribution < 1.29 is 29.1 Å². The zero-order valence-electron chi connectivity index (χ0n) is 14.8. The maximum absolute atomic E-state index is 11.8. The lowest BCUT2D eigenvalue weighted by Crippen LogP contribution is -2.17. The maximum atomic E-state index is 11.8. The third kappa shape index (κ3) is 7.46. The Bertz CT molecular complexity index is 540. The Balaban J connectivity index is 2.27. The zero-order chi connectivity index (χ0) is 17.9. The molecule has 0 N–H and O–H groups in total. The van der Waals surface area contributed by atoms with Crippen molar-refractivity contribution in [3.63, 3.8) is 0 Å². The third-order valence-electron chi connectivity index (χ3n) is 3.59. The molecule has 0 bridgehead atoms. The Morgan fingerprint density at radius 3 is 2.54 bits per heavy atom. The third-order valence-corrected chi connectivity index (χ3v) is 3.59. The lowest BCUT2D eigenvalue weighted by molar-refractivity contribution is -0.453. The molecule has 0 aliphatic heterocycles. The summed E-state index contributed by atoms with van der Waals surface area (Å²) in [7, 11) is 0. The van der Waals surface area contributed by atoms with Crippen molar-refractivity contribution in [3.05, 3.63) is 34.9 Å². The van der Waals surface area contributed by atoms with Crippen LogP contribution in [0.4, 0.5) is 4.79 Å². The van der Waals surface area contributed by atoms with Gasteiger partial charge in [0.1, 0.15) is 6.10 Å². The summed E-state index contributed by atoms with van der Waals surface area (Å²) < 4.78 is 4.98. The van der Waals surface area contributed by atoms with Crippen LogP contribution in [-0.4, -0.2) is 18.2 Å². The standard InChI is InChI=1S/C18H26O6/c1-5-6-7-8-9-15(4)21-18(20)23-24-22-17(19)16-12-13(2)10-11-14(16)3/h10-12,15H,5-9H2,1-4H3. The molecule has 0 aromatic heterocycles. The van der Waals surface area contributed by atoms with Crippen LogP contribution in [0.25, 0.3) is 0 Å². The van der Waals surface area contributed by atoms with Gasteiger partial charge in [0.25, 0.3) is 0 Å². The maximum Gasteiger partial charge on any atom is 0.543 e. The van der Waals surface area contributed by atoms with Crippen molar-refractivity contribution >= 4 is 12.1 Å². The fourth-order valence-corrected chi connectivity index (χ4v) is 2.18. The van der Waals surface area contributed by atoms with E-state index in [0.717, 1.165) is 43.2 Å². The van der Waals surface area contributed by atoms with Gasteiger partial charge in [-0.3, -0.25) is 4.89 Å². The molecular weight excluding hydrogens is 312 g/mol. The lowest BCUT2D eigenvalue weighted by atomic mass is 10.1. The minimum absolute atomic E-state index is 0.285. The first-order valence-corrected chi connectivity index (χ1v) is 8.27. The summed E-state index contributed by atoms with van der Waals surface area (Å²) in [5.74, 6) is -0.739. The number of aryl methyl sites for hydroxylation is 2. The van der Waals surface area contributed by atoms with E-state index in [-0.39, 0.29) is 6.10 Å². The number of carbonyl (C=O) groups is 2. The first-order chi connectivity index (χ1) is 11.4. The molecule has 1 aromatic carbocycles. The predicted molar refractivity (Wildman–Crippen MR) is 88.2 cm³/mol. The summed E-state index contributed by atoms with van der Waals surface area (Å²) in [6.45, 7) is 7.53. The van der Waals surface area contributed by atoms with Crippen LogP contribution in [0.2, 0.25) is 0 Å². The second-order valence-corrected chi connectivity index (χ2v) is 5.87. The van der Waals surface area contributed by atoms with Crippen molar-refractivity contribution in [2.75, 3.05) is 0 Å². The van der Waals surface area contributed by atoms with Gasteiger partial charge in [-0.05, 0) is 45.2 Å². The molecule has 0 aliphatic rings. The van der Waals surface area contributed by atoms with Gasteiger partial charge in [0.15, 0.2) is 0 Å². The van der Waals surface area contributed by atoms with Crippen LogP contribution >= 0.6 is 0 Å². The number of benzene rings is 1. The highest BCUT2D eigenvalue weighted by Crippen LogP contribution is 2.13. The van der Waals surface area contributed by atoms with Crippen LogP contribution in [0.1, 0.15) is 67.4 Å². The highest BCUT2D eigenvalue weighted by atomic mass is 17.5. The number of carbonyl (C=O) groups excluding carboxylic acids is 2. The van der Waals surface area contributed by atoms with Gasteiger partial charge >= 0.3 is 12.1 Å². The number of hydrogen-bond donors (Lipinski definition) is 0. The van der Waals surface area contributed by atoms with Gasteiger partial charge in [0.05, 0.1) is 10.6 Å². The van der Waals surface area contributed by atoms with Crippen LogP contribution in [-0.2, 0) is 19.6 Å². The molecule has 1 unspecified atom stereocenters. The van der Waals surface area contributed by atoms with Gasteiger partial charge in [-0.2, -0.15) is 0 Å². The Hall–Kier alpha value is -2.08. The van der Waals surface area contributed by atoms with E-state index in [2.05, 4.69) is 21.7 Å². The topological polar surface area (TPSA) is 71.1 Å². The molecular formula is C18H26O6. The fraction of sp³-hybridized carbons (Fsp3) is 0.556. The minimum Gasteiger partial charge on any atom is -0.429 e. The average Bonchev–Trinajstić information content (AvgIpc) is 2.53. The smallest absolute Gasteiger partial charge is 0.429 e. The van der Waals surface area contributed by atoms with E-state index in [9.17, 15) is 9.59 Å². The second kappa shape index (κ2) is 10.6. The Morgan fingerprint density at radius 1 is 1.08 bits per heavy atom. The largest absolute Gasteiger partial charge is 0.543 e. The average molecular weight is 338 g/mol. The summed E-state index contributed by atoms with van der Waals surface area (Å²) in [6.07, 6.45) is 3.82. The molecule has 0 spiro atoms. The molecule has 0 saturated carbocycles. The Labute approximate surface area is 142 Å². The highest BCUT2D eigenvalue weighted by molar-refractivity contribution is 5.90. The molecule has 0 fully saturated rings. The molecule has 1 atom stereocenters. The van der Waals surface area contributed by atoms with E-state index >= 15 is 0 Å². The van der Waals surface area contributed by atoms with Gasteiger partial charge in [0, 0.05) is 0 Å². The molecule has 134 valence electrons. The molecule has 1 aromatic rings. The molecule has 0 saturated heterocycles. The van der Waals surface area contributed by atoms with Crippen LogP contribution in [0, 0.1) is 13.8 Å². The molecule has 1 rings (SSSR count). The minimum atomic E-state index is -1.04. The van der Waals surface area contributed by atoms with Gasteiger partial charge in [0.2, 0.25) is 0 Å². The number of unbranched alkanes of at least 4 members (excludes halogenated alkanes) is 3. The molecule has 0 amide bonds. The highest BCUT2D eigenvalue weighted by Gasteiger charge is 2.16. The number of ether oxygens (including phenoxy) is 1. The first kappa shape index (κ1) is 20.0. The zero-order valence-corrected chi connectivity index (χ0v) is 14.8. The molecule has 0 radical (unpaired) electrons. The first-order valence-electron chi connectivity index (χ1n) is 8.27. The second-order valence-electron chi connectivity index (χ2n) is 5.87. The summed E-state index contributed by atoms with van der Waals surface area (Å²) in [4.78, 5) is 32.0. The fourth-order valence-electron chi connectivity index (χ4n) is 2.18. The monoisotopic (exact) mass is 338 g/mol. The van der Waals surface area contributed by atoms with Crippen molar-refractivity contribution in [2.24, 2.45) is 0 Å². The van der Waals surface area contributed by atoms with Crippen molar-refractivity contribution in [1.29, 1.82) is 0 Å². The molecule has 6 nitrogen and oxygen atoms in total. The molecule has 0 heterocycles. The SMILES string of the molecule is CCCCCCC(C)OC(=O)OOOC(=O)c1cc(C)ccc1C. The van der Waals surface area contributed by atoms with Gasteiger partial charge in [-0.25, -0.2) is 14.5 Å². The number of hydrogen-bond acceptors (Lipinski definition) is 6. The Morgan fingerprint density at radius 2 is 1.83 bits per heavy atom. The normalized spacial score (nSPS) is 11.7. The predicted octanol–water partition coefficient (Wildman–Crippen LogP) is 4.82. The van der Waals surface area contributed by atoms with E-state index in [1.807, 2.05) is 13.0 Å². The van der Waals surface area contributed by atoms with Crippen LogP contribution in [0.5, 0.6) is 0 Å². The molecule has 24 heavy (non-hydrogen) atoms. The quantitative estimate of drug-likeness (QED) is 0.278. The summed E-state index contributed by atoms with van der Waals surface area (Å²) in [6, 6.07) is 5.34. The molecule has 0 aliphatic carbocycles. The summed E-state index contributed by atoms with van der Waals surface area (Å²) in [5, 5.41) is 4.23. The molecule has 6 heteroatoms. The van der Waals surface area contributed by atoms with E-state index in [1.54, 1.807) is 26.0 Å². The van der Waals surface area contributed by atoms with Crippen LogP contribution in [0.3, 0.4) is 0 Å². The summed E-state index contributed by atoms with van der Waals surface area (Å²) in [5.41, 5.74) is 1.98. The lowest BCUT2D eigenvalue weighted by Gasteiger charge is -2.11. The van der Waals surface area contributed by atoms with E-state index in [1.165, 1.54) is 0 Å². The van der Waals surface area contributed by atoms with Gasteiger partial charge in [-0.1, -0.05) is 43.9 Å². The van der Waals surface area contributed by atoms with Crippen LogP contribution in [0.15, 0.2) is 18.2 Å². The van der Waals surface area contributed by atoms with E-state index < -0.39 is 12.1 Å². The van der Waals surface area contributed by atoms with Gasteiger partial charge in [-0.15, -0.1) is 0 Å². The number of rotatable bonds is 9. The Kier molecular flexibility index (Phi) is 8.86. The van der Waals surface area contributed by atoms with Crippen LogP contribution < -0.4 is 0 Å². The van der Waals surface area contributed by atoms with Crippen molar-refractivity contribution in [1.82, 2.24) is 0 Å². The van der Waals surface area contributed by atoms with Crippen molar-refractivity contribution in [3.8, 4) is 0 Å². The van der Waals surface area contributed by atoms with E-state index in [4.69, 9.17) is 4.74 Å². The summed E-state index contributed by atoms with van der Waals surface area (Å²) >= 11 is 0. The van der Waals surface area contributed by atoms with Crippen molar-refractivity contribution in [2.45, 2.75) is 65.9 Å². The van der Waals surface area contributed by atoms with Gasteiger partial charge < -0.3 is 4.74 Å².